The molecule has 1 fully saturated rings. The summed E-state index contributed by atoms with van der Waals surface area (Å²) in [6, 6.07) is 1.85. The predicted molar refractivity (Wildman–Crippen MR) is 87.5 cm³/mol. The molecule has 1 aliphatic rings. The van der Waals surface area contributed by atoms with Gasteiger partial charge in [0.15, 0.2) is 0 Å². The summed E-state index contributed by atoms with van der Waals surface area (Å²) in [5.74, 6) is -1.16. The Kier molecular flexibility index (Phi) is 4.47. The Bertz CT molecular complexity index is 714. The van der Waals surface area contributed by atoms with Crippen LogP contribution in [0, 0.1) is 12.8 Å². The molecule has 6 nitrogen and oxygen atoms in total. The van der Waals surface area contributed by atoms with Crippen LogP contribution in [-0.4, -0.2) is 33.0 Å². The highest BCUT2D eigenvalue weighted by atomic mass is 32.1. The van der Waals surface area contributed by atoms with Gasteiger partial charge in [-0.1, -0.05) is 0 Å². The fourth-order valence-electron chi connectivity index (χ4n) is 2.92. The largest absolute Gasteiger partial charge is 0.481 e. The van der Waals surface area contributed by atoms with E-state index in [-0.39, 0.29) is 17.9 Å². The van der Waals surface area contributed by atoms with E-state index in [1.54, 1.807) is 23.6 Å². The summed E-state index contributed by atoms with van der Waals surface area (Å²) >= 11 is 1.57. The lowest BCUT2D eigenvalue weighted by atomic mass is 9.86. The van der Waals surface area contributed by atoms with Gasteiger partial charge in [-0.15, -0.1) is 11.3 Å². The zero-order valence-electron chi connectivity index (χ0n) is 12.8. The molecule has 0 radical (unpaired) electrons. The van der Waals surface area contributed by atoms with Crippen LogP contribution in [0.15, 0.2) is 17.6 Å². The number of amides is 1. The van der Waals surface area contributed by atoms with Crippen LogP contribution in [-0.2, 0) is 4.79 Å². The summed E-state index contributed by atoms with van der Waals surface area (Å²) in [4.78, 5) is 30.6. The van der Waals surface area contributed by atoms with Crippen LogP contribution in [0.1, 0.15) is 41.2 Å². The normalized spacial score (nSPS) is 21.1. The summed E-state index contributed by atoms with van der Waals surface area (Å²) in [7, 11) is 0. The number of carbonyl (C=O) groups is 2. The zero-order valence-corrected chi connectivity index (χ0v) is 13.7. The van der Waals surface area contributed by atoms with Crippen LogP contribution in [0.4, 0.5) is 0 Å². The molecule has 1 saturated carbocycles. The van der Waals surface area contributed by atoms with Gasteiger partial charge >= 0.3 is 5.97 Å². The van der Waals surface area contributed by atoms with Gasteiger partial charge in [0.2, 0.25) is 0 Å². The molecule has 2 aromatic heterocycles. The highest BCUT2D eigenvalue weighted by Crippen LogP contribution is 2.25. The highest BCUT2D eigenvalue weighted by Gasteiger charge is 2.27. The van der Waals surface area contributed by atoms with Gasteiger partial charge in [-0.2, -0.15) is 0 Å². The van der Waals surface area contributed by atoms with E-state index in [2.05, 4.69) is 15.3 Å². The minimum atomic E-state index is -0.734. The lowest BCUT2D eigenvalue weighted by Gasteiger charge is -2.26. The molecule has 2 aromatic rings. The molecule has 3 N–H and O–H groups in total. The number of carboxylic acids is 1. The quantitative estimate of drug-likeness (QED) is 0.802. The first-order chi connectivity index (χ1) is 11.0. The molecule has 23 heavy (non-hydrogen) atoms. The summed E-state index contributed by atoms with van der Waals surface area (Å²) in [5, 5.41) is 14.9. The van der Waals surface area contributed by atoms with E-state index in [1.807, 2.05) is 12.3 Å². The van der Waals surface area contributed by atoms with Crippen LogP contribution < -0.4 is 5.32 Å². The third-order valence-corrected chi connectivity index (χ3v) is 5.03. The van der Waals surface area contributed by atoms with Crippen molar-refractivity contribution in [2.45, 2.75) is 38.6 Å². The zero-order chi connectivity index (χ0) is 16.4. The van der Waals surface area contributed by atoms with E-state index in [0.717, 1.165) is 16.3 Å². The number of aromatic amines is 1. The number of nitrogens with zero attached hydrogens (tertiary/aromatic N) is 1. The lowest BCUT2D eigenvalue weighted by Crippen LogP contribution is -2.38. The number of thiazole rings is 1. The molecule has 2 heterocycles. The molecule has 0 aliphatic heterocycles. The third kappa shape index (κ3) is 3.61. The van der Waals surface area contributed by atoms with E-state index < -0.39 is 5.97 Å². The number of H-pyrrole nitrogens is 1. The number of hydrogen-bond donors (Lipinski definition) is 3. The number of carboxylic acid groups (broad SMARTS) is 1. The second kappa shape index (κ2) is 6.54. The Morgan fingerprint density at radius 1 is 1.35 bits per heavy atom. The average Bonchev–Trinajstić information content (AvgIpc) is 3.16. The molecular weight excluding hydrogens is 314 g/mol. The number of nitrogens with one attached hydrogen (secondary N) is 2. The van der Waals surface area contributed by atoms with Crippen molar-refractivity contribution in [3.8, 4) is 11.3 Å². The minimum absolute atomic E-state index is 0.0476. The fourth-order valence-corrected chi connectivity index (χ4v) is 3.54. The molecule has 0 unspecified atom stereocenters. The number of aromatic nitrogens is 2. The van der Waals surface area contributed by atoms with Crippen molar-refractivity contribution in [3.05, 3.63) is 28.3 Å². The lowest BCUT2D eigenvalue weighted by molar-refractivity contribution is -0.142. The SMILES string of the molecule is Cc1nc(-c2c[nH]c(C(=O)NC3CCC(C(=O)O)CC3)c2)cs1. The summed E-state index contributed by atoms with van der Waals surface area (Å²) in [6.07, 6.45) is 4.44. The van der Waals surface area contributed by atoms with E-state index in [4.69, 9.17) is 5.11 Å². The topological polar surface area (TPSA) is 95.1 Å². The fraction of sp³-hybridized carbons (Fsp3) is 0.438. The number of aliphatic carboxylic acids is 1. The van der Waals surface area contributed by atoms with Gasteiger partial charge in [0, 0.05) is 23.2 Å². The van der Waals surface area contributed by atoms with Gasteiger partial charge in [0.1, 0.15) is 5.69 Å². The van der Waals surface area contributed by atoms with Crippen molar-refractivity contribution in [1.29, 1.82) is 0 Å². The Labute approximate surface area is 138 Å². The third-order valence-electron chi connectivity index (χ3n) is 4.25. The molecule has 7 heteroatoms. The monoisotopic (exact) mass is 333 g/mol. The van der Waals surface area contributed by atoms with Crippen molar-refractivity contribution in [2.75, 3.05) is 0 Å². The number of hydrogen-bond acceptors (Lipinski definition) is 4. The average molecular weight is 333 g/mol. The molecule has 122 valence electrons. The van der Waals surface area contributed by atoms with Crippen molar-refractivity contribution in [3.63, 3.8) is 0 Å². The van der Waals surface area contributed by atoms with E-state index in [9.17, 15) is 9.59 Å². The van der Waals surface area contributed by atoms with Gasteiger partial charge < -0.3 is 15.4 Å². The Morgan fingerprint density at radius 3 is 2.70 bits per heavy atom. The first kappa shape index (κ1) is 15.7. The van der Waals surface area contributed by atoms with Crippen LogP contribution in [0.3, 0.4) is 0 Å². The maximum absolute atomic E-state index is 12.3. The van der Waals surface area contributed by atoms with Crippen LogP contribution in [0.5, 0.6) is 0 Å². The predicted octanol–water partition coefficient (Wildman–Crippen LogP) is 2.82. The van der Waals surface area contributed by atoms with Crippen molar-refractivity contribution >= 4 is 23.2 Å². The summed E-state index contributed by atoms with van der Waals surface area (Å²) < 4.78 is 0. The van der Waals surface area contributed by atoms with Gasteiger partial charge in [-0.3, -0.25) is 9.59 Å². The molecule has 1 amide bonds. The molecule has 0 bridgehead atoms. The van der Waals surface area contributed by atoms with Gasteiger partial charge in [0.05, 0.1) is 16.6 Å². The molecule has 0 saturated heterocycles. The first-order valence-corrected chi connectivity index (χ1v) is 8.55. The first-order valence-electron chi connectivity index (χ1n) is 7.67. The Balaban J connectivity index is 1.59. The van der Waals surface area contributed by atoms with Crippen LogP contribution in [0.2, 0.25) is 0 Å². The molecular formula is C16H19N3O3S. The van der Waals surface area contributed by atoms with Gasteiger partial charge in [0.25, 0.3) is 5.91 Å². The molecule has 1 aliphatic carbocycles. The van der Waals surface area contributed by atoms with Gasteiger partial charge in [-0.25, -0.2) is 4.98 Å². The van der Waals surface area contributed by atoms with Crippen molar-refractivity contribution < 1.29 is 14.7 Å². The van der Waals surface area contributed by atoms with E-state index >= 15 is 0 Å². The van der Waals surface area contributed by atoms with Crippen molar-refractivity contribution in [2.24, 2.45) is 5.92 Å². The van der Waals surface area contributed by atoms with E-state index in [0.29, 0.717) is 31.4 Å². The Morgan fingerprint density at radius 2 is 2.09 bits per heavy atom. The Hall–Kier alpha value is -2.15. The van der Waals surface area contributed by atoms with Crippen LogP contribution in [0.25, 0.3) is 11.3 Å². The standard InChI is InChI=1S/C16H19N3O3S/c1-9-18-14(8-23-9)11-6-13(17-7-11)15(20)19-12-4-2-10(3-5-12)16(21)22/h6-8,10,12,17H,2-5H2,1H3,(H,19,20)(H,21,22). The minimum Gasteiger partial charge on any atom is -0.481 e. The van der Waals surface area contributed by atoms with E-state index in [1.165, 1.54) is 0 Å². The maximum atomic E-state index is 12.3. The summed E-state index contributed by atoms with van der Waals surface area (Å²) in [5.41, 5.74) is 2.27. The van der Waals surface area contributed by atoms with Gasteiger partial charge in [-0.05, 0) is 38.7 Å². The smallest absolute Gasteiger partial charge is 0.306 e. The maximum Gasteiger partial charge on any atom is 0.306 e. The van der Waals surface area contributed by atoms with Crippen LogP contribution >= 0.6 is 11.3 Å². The number of rotatable bonds is 4. The molecule has 0 atom stereocenters. The van der Waals surface area contributed by atoms with Crippen molar-refractivity contribution in [1.82, 2.24) is 15.3 Å². The molecule has 3 rings (SSSR count). The molecule has 0 aromatic carbocycles. The molecule has 0 spiro atoms. The second-order valence-electron chi connectivity index (χ2n) is 5.91. The summed E-state index contributed by atoms with van der Waals surface area (Å²) in [6.45, 7) is 1.95. The number of aryl methyl sites for hydroxylation is 1. The highest BCUT2D eigenvalue weighted by molar-refractivity contribution is 7.09. The second-order valence-corrected chi connectivity index (χ2v) is 6.98. The number of carbonyl (C=O) groups excluding carboxylic acids is 1.